The molecule has 90 valence electrons. The molecule has 1 unspecified atom stereocenters. The summed E-state index contributed by atoms with van der Waals surface area (Å²) in [6.45, 7) is 0. The molecule has 0 bridgehead atoms. The minimum atomic E-state index is -0.0498. The molecular weight excluding hydrogens is 264 g/mol. The predicted octanol–water partition coefficient (Wildman–Crippen LogP) is 4.21. The van der Waals surface area contributed by atoms with Crippen molar-refractivity contribution in [3.8, 4) is 0 Å². The average Bonchev–Trinajstić information content (AvgIpc) is 2.92. The monoisotopic (exact) mass is 274 g/mol. The number of benzene rings is 1. The van der Waals surface area contributed by atoms with Gasteiger partial charge in [-0.1, -0.05) is 24.3 Å². The third-order valence-corrected chi connectivity index (χ3v) is 4.21. The van der Waals surface area contributed by atoms with Crippen LogP contribution in [0.15, 0.2) is 48.1 Å². The van der Waals surface area contributed by atoms with Crippen molar-refractivity contribution in [3.63, 3.8) is 0 Å². The number of pyridine rings is 1. The van der Waals surface area contributed by atoms with E-state index in [0.717, 1.165) is 27.9 Å². The van der Waals surface area contributed by atoms with E-state index in [4.69, 9.17) is 11.6 Å². The Kier molecular flexibility index (Phi) is 3.26. The minimum absolute atomic E-state index is 0.0498. The standard InChI is InChI=1S/C14H11ClN2S/c15-12(14-8-16-9-18-14)7-11-6-5-10-3-1-2-4-13(10)17-11/h1-6,8-9,12H,7H2. The highest BCUT2D eigenvalue weighted by Gasteiger charge is 2.11. The highest BCUT2D eigenvalue weighted by atomic mass is 35.5. The maximum atomic E-state index is 6.36. The van der Waals surface area contributed by atoms with Gasteiger partial charge in [-0.3, -0.25) is 9.97 Å². The number of fused-ring (bicyclic) bond motifs is 1. The lowest BCUT2D eigenvalue weighted by atomic mass is 10.1. The van der Waals surface area contributed by atoms with Gasteiger partial charge < -0.3 is 0 Å². The van der Waals surface area contributed by atoms with Gasteiger partial charge in [0.25, 0.3) is 0 Å². The molecule has 18 heavy (non-hydrogen) atoms. The van der Waals surface area contributed by atoms with E-state index in [9.17, 15) is 0 Å². The smallest absolute Gasteiger partial charge is 0.0794 e. The first kappa shape index (κ1) is 11.6. The Bertz CT molecular complexity index is 652. The van der Waals surface area contributed by atoms with Gasteiger partial charge in [-0.05, 0) is 12.1 Å². The van der Waals surface area contributed by atoms with E-state index in [1.54, 1.807) is 16.8 Å². The highest BCUT2D eigenvalue weighted by molar-refractivity contribution is 7.09. The molecule has 2 heterocycles. The lowest BCUT2D eigenvalue weighted by molar-refractivity contribution is 0.901. The molecule has 0 N–H and O–H groups in total. The molecule has 0 fully saturated rings. The van der Waals surface area contributed by atoms with Gasteiger partial charge in [0, 0.05) is 28.6 Å². The zero-order chi connectivity index (χ0) is 12.4. The topological polar surface area (TPSA) is 25.8 Å². The predicted molar refractivity (Wildman–Crippen MR) is 76.2 cm³/mol. The summed E-state index contributed by atoms with van der Waals surface area (Å²) in [5.41, 5.74) is 3.84. The maximum Gasteiger partial charge on any atom is 0.0794 e. The summed E-state index contributed by atoms with van der Waals surface area (Å²) in [7, 11) is 0. The lowest BCUT2D eigenvalue weighted by Gasteiger charge is -2.07. The van der Waals surface area contributed by atoms with Gasteiger partial charge in [-0.25, -0.2) is 0 Å². The van der Waals surface area contributed by atoms with E-state index in [-0.39, 0.29) is 5.38 Å². The van der Waals surface area contributed by atoms with Crippen LogP contribution in [0, 0.1) is 0 Å². The number of rotatable bonds is 3. The fourth-order valence-corrected chi connectivity index (χ4v) is 2.85. The van der Waals surface area contributed by atoms with E-state index in [0.29, 0.717) is 0 Å². The minimum Gasteiger partial charge on any atom is -0.253 e. The maximum absolute atomic E-state index is 6.36. The van der Waals surface area contributed by atoms with E-state index in [1.165, 1.54) is 0 Å². The number of aromatic nitrogens is 2. The summed E-state index contributed by atoms with van der Waals surface area (Å²) in [6.07, 6.45) is 2.55. The number of hydrogen-bond acceptors (Lipinski definition) is 3. The Balaban J connectivity index is 1.86. The van der Waals surface area contributed by atoms with E-state index >= 15 is 0 Å². The fourth-order valence-electron chi connectivity index (χ4n) is 1.89. The Hall–Kier alpha value is -1.45. The molecule has 1 atom stereocenters. The Morgan fingerprint density at radius 3 is 2.89 bits per heavy atom. The van der Waals surface area contributed by atoms with Crippen LogP contribution in [0.3, 0.4) is 0 Å². The first-order chi connectivity index (χ1) is 8.83. The second-order valence-electron chi connectivity index (χ2n) is 4.07. The van der Waals surface area contributed by atoms with Gasteiger partial charge in [0.15, 0.2) is 0 Å². The molecule has 0 aliphatic heterocycles. The Morgan fingerprint density at radius 1 is 1.17 bits per heavy atom. The van der Waals surface area contributed by atoms with Crippen LogP contribution in [0.5, 0.6) is 0 Å². The van der Waals surface area contributed by atoms with Gasteiger partial charge in [-0.2, -0.15) is 0 Å². The molecule has 1 aromatic carbocycles. The first-order valence-electron chi connectivity index (χ1n) is 5.70. The van der Waals surface area contributed by atoms with Crippen molar-refractivity contribution in [1.82, 2.24) is 9.97 Å². The highest BCUT2D eigenvalue weighted by Crippen LogP contribution is 2.27. The summed E-state index contributed by atoms with van der Waals surface area (Å²) in [4.78, 5) is 9.76. The Morgan fingerprint density at radius 2 is 2.06 bits per heavy atom. The van der Waals surface area contributed by atoms with Crippen molar-refractivity contribution < 1.29 is 0 Å². The number of halogens is 1. The molecule has 0 aliphatic carbocycles. The summed E-state index contributed by atoms with van der Waals surface area (Å²) < 4.78 is 0. The quantitative estimate of drug-likeness (QED) is 0.669. The van der Waals surface area contributed by atoms with Crippen LogP contribution in [-0.4, -0.2) is 9.97 Å². The van der Waals surface area contributed by atoms with Gasteiger partial charge >= 0.3 is 0 Å². The normalized spacial score (nSPS) is 12.7. The third kappa shape index (κ3) is 2.37. The number of alkyl halides is 1. The molecule has 2 aromatic heterocycles. The third-order valence-electron chi connectivity index (χ3n) is 2.80. The van der Waals surface area contributed by atoms with E-state index in [1.807, 2.05) is 30.5 Å². The van der Waals surface area contributed by atoms with Crippen LogP contribution in [-0.2, 0) is 6.42 Å². The number of nitrogens with zero attached hydrogens (tertiary/aromatic N) is 2. The first-order valence-corrected chi connectivity index (χ1v) is 7.01. The van der Waals surface area contributed by atoms with Crippen LogP contribution in [0.25, 0.3) is 10.9 Å². The van der Waals surface area contributed by atoms with Crippen molar-refractivity contribution in [2.75, 3.05) is 0 Å². The zero-order valence-corrected chi connectivity index (χ0v) is 11.2. The second kappa shape index (κ2) is 5.04. The molecule has 0 amide bonds. The summed E-state index contributed by atoms with van der Waals surface area (Å²) in [5.74, 6) is 0. The SMILES string of the molecule is ClC(Cc1ccc2ccccc2n1)c1cncs1. The molecule has 0 spiro atoms. The van der Waals surface area contributed by atoms with E-state index in [2.05, 4.69) is 22.1 Å². The number of thiazole rings is 1. The summed E-state index contributed by atoms with van der Waals surface area (Å²) >= 11 is 7.95. The van der Waals surface area contributed by atoms with Crippen molar-refractivity contribution >= 4 is 33.8 Å². The summed E-state index contributed by atoms with van der Waals surface area (Å²) in [6, 6.07) is 12.2. The molecule has 0 saturated carbocycles. The molecule has 0 saturated heterocycles. The average molecular weight is 275 g/mol. The van der Waals surface area contributed by atoms with Gasteiger partial charge in [0.1, 0.15) is 0 Å². The molecule has 0 aliphatic rings. The molecule has 3 aromatic rings. The Labute approximate surface area is 114 Å². The molecule has 2 nitrogen and oxygen atoms in total. The molecular formula is C14H11ClN2S. The van der Waals surface area contributed by atoms with Crippen molar-refractivity contribution in [1.29, 1.82) is 0 Å². The van der Waals surface area contributed by atoms with Crippen LogP contribution in [0.4, 0.5) is 0 Å². The lowest BCUT2D eigenvalue weighted by Crippen LogP contribution is -1.96. The summed E-state index contributed by atoms with van der Waals surface area (Å²) in [5, 5.41) is 1.11. The molecule has 0 radical (unpaired) electrons. The van der Waals surface area contributed by atoms with Gasteiger partial charge in [0.05, 0.1) is 16.4 Å². The van der Waals surface area contributed by atoms with Crippen LogP contribution >= 0.6 is 22.9 Å². The van der Waals surface area contributed by atoms with Crippen molar-refractivity contribution in [2.45, 2.75) is 11.8 Å². The number of hydrogen-bond donors (Lipinski definition) is 0. The van der Waals surface area contributed by atoms with Gasteiger partial charge in [0.2, 0.25) is 0 Å². The van der Waals surface area contributed by atoms with Crippen molar-refractivity contribution in [2.24, 2.45) is 0 Å². The van der Waals surface area contributed by atoms with Gasteiger partial charge in [-0.15, -0.1) is 22.9 Å². The number of para-hydroxylation sites is 1. The van der Waals surface area contributed by atoms with Crippen LogP contribution in [0.1, 0.15) is 15.9 Å². The van der Waals surface area contributed by atoms with E-state index < -0.39 is 0 Å². The zero-order valence-electron chi connectivity index (χ0n) is 9.58. The largest absolute Gasteiger partial charge is 0.253 e. The second-order valence-corrected chi connectivity index (χ2v) is 5.52. The molecule has 3 rings (SSSR count). The van der Waals surface area contributed by atoms with Crippen molar-refractivity contribution in [3.05, 3.63) is 58.7 Å². The van der Waals surface area contributed by atoms with Crippen LogP contribution in [0.2, 0.25) is 0 Å². The fraction of sp³-hybridized carbons (Fsp3) is 0.143. The van der Waals surface area contributed by atoms with Crippen LogP contribution < -0.4 is 0 Å². The molecule has 4 heteroatoms.